The van der Waals surface area contributed by atoms with E-state index in [0.29, 0.717) is 13.0 Å². The second-order valence-corrected chi connectivity index (χ2v) is 5.80. The van der Waals surface area contributed by atoms with Crippen LogP contribution in [0, 0.1) is 0 Å². The SMILES string of the molecule is COc1ccc(C[C@@H]2NCCN(Cc3ccccc3)C2=O)cc1. The molecule has 1 aliphatic heterocycles. The molecule has 1 fully saturated rings. The summed E-state index contributed by atoms with van der Waals surface area (Å²) in [6, 6.07) is 17.9. The summed E-state index contributed by atoms with van der Waals surface area (Å²) in [6.45, 7) is 2.27. The predicted molar refractivity (Wildman–Crippen MR) is 90.3 cm³/mol. The molecule has 1 amide bonds. The first-order valence-corrected chi connectivity index (χ1v) is 7.95. The van der Waals surface area contributed by atoms with Crippen molar-refractivity contribution in [1.29, 1.82) is 0 Å². The molecule has 0 aliphatic carbocycles. The van der Waals surface area contributed by atoms with Gasteiger partial charge >= 0.3 is 0 Å². The number of ether oxygens (including phenoxy) is 1. The highest BCUT2D eigenvalue weighted by atomic mass is 16.5. The van der Waals surface area contributed by atoms with Gasteiger partial charge in [-0.25, -0.2) is 0 Å². The van der Waals surface area contributed by atoms with E-state index in [1.165, 1.54) is 5.56 Å². The summed E-state index contributed by atoms with van der Waals surface area (Å²) >= 11 is 0. The van der Waals surface area contributed by atoms with Crippen molar-refractivity contribution in [1.82, 2.24) is 10.2 Å². The van der Waals surface area contributed by atoms with Gasteiger partial charge in [0.2, 0.25) is 5.91 Å². The predicted octanol–water partition coefficient (Wildman–Crippen LogP) is 2.24. The number of hydrogen-bond acceptors (Lipinski definition) is 3. The summed E-state index contributed by atoms with van der Waals surface area (Å²) in [5.41, 5.74) is 2.31. The largest absolute Gasteiger partial charge is 0.497 e. The number of rotatable bonds is 5. The molecule has 0 aromatic heterocycles. The number of nitrogens with zero attached hydrogens (tertiary/aromatic N) is 1. The van der Waals surface area contributed by atoms with E-state index in [1.807, 2.05) is 47.4 Å². The fourth-order valence-corrected chi connectivity index (χ4v) is 2.91. The van der Waals surface area contributed by atoms with Crippen LogP contribution in [0.15, 0.2) is 54.6 Å². The van der Waals surface area contributed by atoms with Gasteiger partial charge in [0.1, 0.15) is 5.75 Å². The quantitative estimate of drug-likeness (QED) is 0.921. The zero-order valence-corrected chi connectivity index (χ0v) is 13.4. The van der Waals surface area contributed by atoms with E-state index in [-0.39, 0.29) is 11.9 Å². The van der Waals surface area contributed by atoms with E-state index in [1.54, 1.807) is 7.11 Å². The van der Waals surface area contributed by atoms with Crippen molar-refractivity contribution in [3.05, 3.63) is 65.7 Å². The Morgan fingerprint density at radius 3 is 2.52 bits per heavy atom. The standard InChI is InChI=1S/C19H22N2O2/c1-23-17-9-7-15(8-10-17)13-18-19(22)21(12-11-20-18)14-16-5-3-2-4-6-16/h2-10,18,20H,11-14H2,1H3/t18-/m0/s1. The van der Waals surface area contributed by atoms with Gasteiger partial charge in [0, 0.05) is 19.6 Å². The summed E-state index contributed by atoms with van der Waals surface area (Å²) in [6.07, 6.45) is 0.702. The first kappa shape index (κ1) is 15.6. The Labute approximate surface area is 137 Å². The highest BCUT2D eigenvalue weighted by Gasteiger charge is 2.28. The van der Waals surface area contributed by atoms with Crippen molar-refractivity contribution < 1.29 is 9.53 Å². The monoisotopic (exact) mass is 310 g/mol. The zero-order chi connectivity index (χ0) is 16.1. The van der Waals surface area contributed by atoms with Gasteiger partial charge in [-0.1, -0.05) is 42.5 Å². The van der Waals surface area contributed by atoms with Crippen molar-refractivity contribution in [2.75, 3.05) is 20.2 Å². The molecule has 0 radical (unpaired) electrons. The molecule has 1 heterocycles. The molecule has 4 nitrogen and oxygen atoms in total. The average molecular weight is 310 g/mol. The first-order chi connectivity index (χ1) is 11.3. The maximum atomic E-state index is 12.7. The molecule has 0 spiro atoms. The van der Waals surface area contributed by atoms with Crippen molar-refractivity contribution in [2.45, 2.75) is 19.0 Å². The lowest BCUT2D eigenvalue weighted by Crippen LogP contribution is -2.55. The number of hydrogen-bond donors (Lipinski definition) is 1. The molecule has 120 valence electrons. The molecule has 23 heavy (non-hydrogen) atoms. The fraction of sp³-hybridized carbons (Fsp3) is 0.316. The van der Waals surface area contributed by atoms with Crippen LogP contribution in [-0.4, -0.2) is 37.0 Å². The zero-order valence-electron chi connectivity index (χ0n) is 13.4. The van der Waals surface area contributed by atoms with Gasteiger partial charge in [-0.15, -0.1) is 0 Å². The number of nitrogens with one attached hydrogen (secondary N) is 1. The van der Waals surface area contributed by atoms with Gasteiger partial charge in [-0.2, -0.15) is 0 Å². The maximum absolute atomic E-state index is 12.7. The third-order valence-electron chi connectivity index (χ3n) is 4.20. The number of benzene rings is 2. The lowest BCUT2D eigenvalue weighted by atomic mass is 10.0. The van der Waals surface area contributed by atoms with Gasteiger partial charge in [0.05, 0.1) is 13.2 Å². The van der Waals surface area contributed by atoms with Crippen LogP contribution in [0.2, 0.25) is 0 Å². The van der Waals surface area contributed by atoms with E-state index >= 15 is 0 Å². The molecular weight excluding hydrogens is 288 g/mol. The van der Waals surface area contributed by atoms with Crippen LogP contribution >= 0.6 is 0 Å². The van der Waals surface area contributed by atoms with Crippen molar-refractivity contribution in [2.24, 2.45) is 0 Å². The Bertz CT molecular complexity index is 640. The van der Waals surface area contributed by atoms with Crippen LogP contribution in [0.5, 0.6) is 5.75 Å². The average Bonchev–Trinajstić information content (AvgIpc) is 2.60. The number of carbonyl (C=O) groups excluding carboxylic acids is 1. The molecule has 4 heteroatoms. The van der Waals surface area contributed by atoms with Crippen LogP contribution < -0.4 is 10.1 Å². The topological polar surface area (TPSA) is 41.6 Å². The molecular formula is C19H22N2O2. The summed E-state index contributed by atoms with van der Waals surface area (Å²) in [5, 5.41) is 3.34. The lowest BCUT2D eigenvalue weighted by Gasteiger charge is -2.33. The van der Waals surface area contributed by atoms with E-state index in [2.05, 4.69) is 17.4 Å². The Hall–Kier alpha value is -2.33. The molecule has 0 saturated carbocycles. The van der Waals surface area contributed by atoms with Crippen molar-refractivity contribution >= 4 is 5.91 Å². The van der Waals surface area contributed by atoms with E-state index in [4.69, 9.17) is 4.74 Å². The fourth-order valence-electron chi connectivity index (χ4n) is 2.91. The van der Waals surface area contributed by atoms with Crippen LogP contribution in [0.3, 0.4) is 0 Å². The molecule has 0 unspecified atom stereocenters. The van der Waals surface area contributed by atoms with E-state index < -0.39 is 0 Å². The van der Waals surface area contributed by atoms with Crippen molar-refractivity contribution in [3.8, 4) is 5.75 Å². The van der Waals surface area contributed by atoms with E-state index in [0.717, 1.165) is 24.4 Å². The van der Waals surface area contributed by atoms with Crippen molar-refractivity contribution in [3.63, 3.8) is 0 Å². The molecule has 2 aromatic carbocycles. The normalized spacial score (nSPS) is 18.0. The maximum Gasteiger partial charge on any atom is 0.240 e. The molecule has 2 aromatic rings. The molecule has 1 saturated heterocycles. The minimum Gasteiger partial charge on any atom is -0.497 e. The molecule has 0 bridgehead atoms. The van der Waals surface area contributed by atoms with Crippen LogP contribution in [0.25, 0.3) is 0 Å². The van der Waals surface area contributed by atoms with E-state index in [9.17, 15) is 4.79 Å². The lowest BCUT2D eigenvalue weighted by molar-refractivity contribution is -0.136. The summed E-state index contributed by atoms with van der Waals surface area (Å²) in [4.78, 5) is 14.6. The Kier molecular flexibility index (Phi) is 4.93. The number of carbonyl (C=O) groups is 1. The third-order valence-corrected chi connectivity index (χ3v) is 4.20. The van der Waals surface area contributed by atoms with Crippen LogP contribution in [-0.2, 0) is 17.8 Å². The summed E-state index contributed by atoms with van der Waals surface area (Å²) in [5.74, 6) is 1.01. The smallest absolute Gasteiger partial charge is 0.240 e. The minimum absolute atomic E-state index is 0.152. The Morgan fingerprint density at radius 2 is 1.83 bits per heavy atom. The van der Waals surface area contributed by atoms with Gasteiger partial charge in [-0.05, 0) is 29.7 Å². The number of methoxy groups -OCH3 is 1. The molecule has 3 rings (SSSR count). The van der Waals surface area contributed by atoms with Crippen LogP contribution in [0.1, 0.15) is 11.1 Å². The third kappa shape index (κ3) is 3.90. The molecule has 1 aliphatic rings. The highest BCUT2D eigenvalue weighted by molar-refractivity contribution is 5.83. The second-order valence-electron chi connectivity index (χ2n) is 5.80. The molecule has 1 atom stereocenters. The number of amides is 1. The van der Waals surface area contributed by atoms with Gasteiger partial charge in [-0.3, -0.25) is 4.79 Å². The Balaban J connectivity index is 1.64. The summed E-state index contributed by atoms with van der Waals surface area (Å²) in [7, 11) is 1.66. The summed E-state index contributed by atoms with van der Waals surface area (Å²) < 4.78 is 5.17. The Morgan fingerprint density at radius 1 is 1.09 bits per heavy atom. The van der Waals surface area contributed by atoms with Crippen LogP contribution in [0.4, 0.5) is 0 Å². The molecule has 1 N–H and O–H groups in total. The van der Waals surface area contributed by atoms with Gasteiger partial charge < -0.3 is 15.0 Å². The van der Waals surface area contributed by atoms with Gasteiger partial charge in [0.15, 0.2) is 0 Å². The number of piperazine rings is 1. The minimum atomic E-state index is -0.152. The highest BCUT2D eigenvalue weighted by Crippen LogP contribution is 2.15. The van der Waals surface area contributed by atoms with Gasteiger partial charge in [0.25, 0.3) is 0 Å². The second kappa shape index (κ2) is 7.29. The first-order valence-electron chi connectivity index (χ1n) is 7.95.